The first-order valence-electron chi connectivity index (χ1n) is 14.5. The molecule has 0 spiro atoms. The summed E-state index contributed by atoms with van der Waals surface area (Å²) >= 11 is 0. The second kappa shape index (κ2) is 15.6. The Morgan fingerprint density at radius 2 is 0.829 bits per heavy atom. The molecule has 1 heterocycles. The molecular formula is C36H40O5. The molecule has 0 radical (unpaired) electrons. The Labute approximate surface area is 244 Å². The van der Waals surface area contributed by atoms with Crippen LogP contribution in [-0.4, -0.2) is 37.1 Å². The molecule has 1 aliphatic heterocycles. The monoisotopic (exact) mass is 552 g/mol. The van der Waals surface area contributed by atoms with Crippen LogP contribution in [-0.2, 0) is 50.1 Å². The number of benzene rings is 4. The summed E-state index contributed by atoms with van der Waals surface area (Å²) in [7, 11) is 0. The van der Waals surface area contributed by atoms with Gasteiger partial charge in [0.2, 0.25) is 0 Å². The summed E-state index contributed by atoms with van der Waals surface area (Å²) < 4.78 is 32.9. The fourth-order valence-corrected chi connectivity index (χ4v) is 5.21. The van der Waals surface area contributed by atoms with E-state index in [0.29, 0.717) is 33.0 Å². The molecule has 0 aromatic heterocycles. The third-order valence-corrected chi connectivity index (χ3v) is 7.38. The Morgan fingerprint density at radius 3 is 1.24 bits per heavy atom. The van der Waals surface area contributed by atoms with E-state index in [0.717, 1.165) is 28.7 Å². The fourth-order valence-electron chi connectivity index (χ4n) is 5.21. The summed E-state index contributed by atoms with van der Waals surface area (Å²) in [4.78, 5) is 0. The number of ether oxygens (including phenoxy) is 5. The molecule has 1 fully saturated rings. The van der Waals surface area contributed by atoms with Gasteiger partial charge in [-0.1, -0.05) is 128 Å². The minimum atomic E-state index is -0.390. The topological polar surface area (TPSA) is 46.2 Å². The minimum Gasteiger partial charge on any atom is -0.374 e. The summed E-state index contributed by atoms with van der Waals surface area (Å²) in [6.45, 7) is 4.39. The Balaban J connectivity index is 1.38. The Kier molecular flexibility index (Phi) is 11.1. The van der Waals surface area contributed by atoms with E-state index >= 15 is 0 Å². The smallest absolute Gasteiger partial charge is 0.115 e. The van der Waals surface area contributed by atoms with Crippen LogP contribution in [0.1, 0.15) is 35.6 Å². The lowest BCUT2D eigenvalue weighted by atomic mass is 9.92. The van der Waals surface area contributed by atoms with E-state index in [1.807, 2.05) is 72.8 Å². The van der Waals surface area contributed by atoms with Crippen LogP contribution in [0.15, 0.2) is 121 Å². The molecule has 41 heavy (non-hydrogen) atoms. The van der Waals surface area contributed by atoms with Crippen molar-refractivity contribution in [1.82, 2.24) is 0 Å². The van der Waals surface area contributed by atoms with Crippen molar-refractivity contribution in [1.29, 1.82) is 0 Å². The molecule has 1 aliphatic rings. The summed E-state index contributed by atoms with van der Waals surface area (Å²) in [6.07, 6.45) is -0.753. The fraction of sp³-hybridized carbons (Fsp3) is 0.333. The second-order valence-corrected chi connectivity index (χ2v) is 10.4. The molecule has 0 unspecified atom stereocenters. The zero-order valence-electron chi connectivity index (χ0n) is 23.7. The van der Waals surface area contributed by atoms with Crippen molar-refractivity contribution in [3.63, 3.8) is 0 Å². The molecule has 0 amide bonds. The minimum absolute atomic E-state index is 0.165. The molecule has 5 atom stereocenters. The molecule has 214 valence electrons. The summed E-state index contributed by atoms with van der Waals surface area (Å²) in [5.74, 6) is 0. The molecule has 0 bridgehead atoms. The van der Waals surface area contributed by atoms with Crippen molar-refractivity contribution in [2.45, 2.75) is 70.3 Å². The first-order chi connectivity index (χ1) is 20.3. The predicted molar refractivity (Wildman–Crippen MR) is 160 cm³/mol. The van der Waals surface area contributed by atoms with Gasteiger partial charge >= 0.3 is 0 Å². The van der Waals surface area contributed by atoms with Crippen molar-refractivity contribution < 1.29 is 23.7 Å². The van der Waals surface area contributed by atoms with Gasteiger partial charge in [-0.05, 0) is 28.7 Å². The highest BCUT2D eigenvalue weighted by Gasteiger charge is 2.47. The lowest BCUT2D eigenvalue weighted by Crippen LogP contribution is -2.61. The first-order valence-corrected chi connectivity index (χ1v) is 14.5. The zero-order chi connectivity index (χ0) is 28.1. The zero-order valence-corrected chi connectivity index (χ0v) is 23.7. The second-order valence-electron chi connectivity index (χ2n) is 10.4. The molecular weight excluding hydrogens is 512 g/mol. The third-order valence-electron chi connectivity index (χ3n) is 7.38. The maximum Gasteiger partial charge on any atom is 0.115 e. The van der Waals surface area contributed by atoms with Crippen molar-refractivity contribution in [3.05, 3.63) is 144 Å². The van der Waals surface area contributed by atoms with Crippen LogP contribution in [0.25, 0.3) is 0 Å². The third kappa shape index (κ3) is 8.59. The van der Waals surface area contributed by atoms with Gasteiger partial charge in [-0.2, -0.15) is 0 Å². The van der Waals surface area contributed by atoms with Crippen LogP contribution < -0.4 is 0 Å². The normalized spacial score (nSPS) is 22.4. The van der Waals surface area contributed by atoms with Crippen molar-refractivity contribution in [3.8, 4) is 0 Å². The van der Waals surface area contributed by atoms with Gasteiger partial charge in [-0.25, -0.2) is 0 Å². The molecule has 0 aliphatic carbocycles. The molecule has 1 saturated heterocycles. The van der Waals surface area contributed by atoms with Gasteiger partial charge in [0.05, 0.1) is 39.1 Å². The van der Waals surface area contributed by atoms with Gasteiger partial charge in [-0.15, -0.1) is 0 Å². The maximum atomic E-state index is 6.71. The Morgan fingerprint density at radius 1 is 0.463 bits per heavy atom. The van der Waals surface area contributed by atoms with E-state index in [1.54, 1.807) is 0 Å². The van der Waals surface area contributed by atoms with Gasteiger partial charge in [-0.3, -0.25) is 0 Å². The van der Waals surface area contributed by atoms with E-state index in [4.69, 9.17) is 23.7 Å². The summed E-state index contributed by atoms with van der Waals surface area (Å²) in [5, 5.41) is 0. The molecule has 0 saturated carbocycles. The van der Waals surface area contributed by atoms with Gasteiger partial charge in [0, 0.05) is 0 Å². The van der Waals surface area contributed by atoms with E-state index in [2.05, 4.69) is 55.5 Å². The van der Waals surface area contributed by atoms with Gasteiger partial charge < -0.3 is 23.7 Å². The Hall–Kier alpha value is -3.32. The molecule has 0 N–H and O–H groups in total. The molecule has 4 aromatic carbocycles. The highest BCUT2D eigenvalue weighted by Crippen LogP contribution is 2.32. The number of hydrogen-bond donors (Lipinski definition) is 0. The van der Waals surface area contributed by atoms with Gasteiger partial charge in [0.1, 0.15) is 24.4 Å². The maximum absolute atomic E-state index is 6.71. The predicted octanol–water partition coefficient (Wildman–Crippen LogP) is 7.14. The van der Waals surface area contributed by atoms with Gasteiger partial charge in [0.25, 0.3) is 0 Å². The summed E-state index contributed by atoms with van der Waals surface area (Å²) in [6, 6.07) is 40.9. The number of rotatable bonds is 14. The van der Waals surface area contributed by atoms with Crippen LogP contribution in [0.4, 0.5) is 0 Å². The Bertz CT molecular complexity index is 1250. The highest BCUT2D eigenvalue weighted by molar-refractivity contribution is 5.16. The van der Waals surface area contributed by atoms with Crippen LogP contribution in [0.3, 0.4) is 0 Å². The van der Waals surface area contributed by atoms with Crippen molar-refractivity contribution >= 4 is 0 Å². The lowest BCUT2D eigenvalue weighted by Gasteiger charge is -2.46. The highest BCUT2D eigenvalue weighted by atomic mass is 16.6. The average Bonchev–Trinajstić information content (AvgIpc) is 3.04. The van der Waals surface area contributed by atoms with E-state index in [1.165, 1.54) is 0 Å². The molecule has 5 rings (SSSR count). The first kappa shape index (κ1) is 29.2. The largest absolute Gasteiger partial charge is 0.374 e. The van der Waals surface area contributed by atoms with E-state index in [-0.39, 0.29) is 24.4 Å². The molecule has 5 heteroatoms. The summed E-state index contributed by atoms with van der Waals surface area (Å²) in [5.41, 5.74) is 4.43. The van der Waals surface area contributed by atoms with E-state index < -0.39 is 6.10 Å². The average molecular weight is 553 g/mol. The molecule has 4 aromatic rings. The molecule has 5 nitrogen and oxygen atoms in total. The van der Waals surface area contributed by atoms with Gasteiger partial charge in [0.15, 0.2) is 0 Å². The SMILES string of the molecule is CC[C@@H]1O[C@H](COCc2ccccc2)[C@H](OCc2ccccc2)[C@@H](OCc2ccccc2)[C@H]1OCc1ccccc1. The van der Waals surface area contributed by atoms with Crippen LogP contribution in [0, 0.1) is 0 Å². The van der Waals surface area contributed by atoms with Crippen LogP contribution >= 0.6 is 0 Å². The lowest BCUT2D eigenvalue weighted by molar-refractivity contribution is -0.272. The van der Waals surface area contributed by atoms with E-state index in [9.17, 15) is 0 Å². The number of hydrogen-bond acceptors (Lipinski definition) is 5. The van der Waals surface area contributed by atoms with Crippen molar-refractivity contribution in [2.75, 3.05) is 6.61 Å². The quantitative estimate of drug-likeness (QED) is 0.166. The standard InChI is InChI=1S/C36H40O5/c1-2-32-34(38-24-29-17-9-4-10-18-29)36(40-26-31-21-13-6-14-22-31)35(39-25-30-19-11-5-12-20-30)33(41-32)27-37-23-28-15-7-3-8-16-28/h3-22,32-36H,2,23-27H2,1H3/t32-,33+,34-,35-,36-/m0/s1. The van der Waals surface area contributed by atoms with Crippen LogP contribution in [0.5, 0.6) is 0 Å². The van der Waals surface area contributed by atoms with Crippen molar-refractivity contribution in [2.24, 2.45) is 0 Å². The van der Waals surface area contributed by atoms with Crippen LogP contribution in [0.2, 0.25) is 0 Å².